The van der Waals surface area contributed by atoms with Gasteiger partial charge in [-0.15, -0.1) is 0 Å². The Kier molecular flexibility index (Phi) is 9.81. The molecule has 7 aromatic carbocycles. The van der Waals surface area contributed by atoms with Crippen LogP contribution >= 0.6 is 0 Å². The van der Waals surface area contributed by atoms with Crippen LogP contribution in [0.1, 0.15) is 206 Å². The van der Waals surface area contributed by atoms with Crippen LogP contribution < -0.4 is 20.8 Å². The van der Waals surface area contributed by atoms with Gasteiger partial charge in [0.05, 0.1) is 11.4 Å². The summed E-state index contributed by atoms with van der Waals surface area (Å²) in [6, 6.07) is 43.8. The lowest BCUT2D eigenvalue weighted by molar-refractivity contribution is 0.331. The van der Waals surface area contributed by atoms with E-state index >= 15 is 0 Å². The third-order valence-corrected chi connectivity index (χ3v) is 22.0. The number of benzene rings is 7. The van der Waals surface area contributed by atoms with E-state index in [1.807, 2.05) is 0 Å². The van der Waals surface area contributed by atoms with Crippen LogP contribution in [0.15, 0.2) is 118 Å². The second-order valence-corrected chi connectivity index (χ2v) is 31.3. The second kappa shape index (κ2) is 15.5. The Morgan fingerprint density at radius 1 is 0.412 bits per heavy atom. The normalized spacial score (nSPS) is 20.6. The Bertz CT molecular complexity index is 4220. The fourth-order valence-corrected chi connectivity index (χ4v) is 16.4. The molecule has 2 aromatic heterocycles. The van der Waals surface area contributed by atoms with Crippen LogP contribution in [-0.2, 0) is 43.3 Å². The van der Waals surface area contributed by atoms with Gasteiger partial charge in [-0.05, 0) is 215 Å². The van der Waals surface area contributed by atoms with Gasteiger partial charge in [0.2, 0.25) is 0 Å². The maximum Gasteiger partial charge on any atom is 0.376 e. The minimum Gasteiger partial charge on any atom is -0.466 e. The van der Waals surface area contributed by atoms with E-state index < -0.39 is 0 Å². The molecule has 406 valence electrons. The maximum atomic E-state index is 7.89. The van der Waals surface area contributed by atoms with E-state index in [-0.39, 0.29) is 50.2 Å². The summed E-state index contributed by atoms with van der Waals surface area (Å²) >= 11 is 0. The minimum absolute atomic E-state index is 0.000367. The van der Waals surface area contributed by atoms with E-state index in [4.69, 9.17) is 8.83 Å². The predicted molar refractivity (Wildman–Crippen MR) is 339 cm³/mol. The van der Waals surface area contributed by atoms with E-state index in [9.17, 15) is 0 Å². The third kappa shape index (κ3) is 6.70. The smallest absolute Gasteiger partial charge is 0.376 e. The molecule has 0 bridgehead atoms. The van der Waals surface area contributed by atoms with Crippen molar-refractivity contribution in [1.82, 2.24) is 0 Å². The van der Waals surface area contributed by atoms with Crippen LogP contribution in [0.25, 0.3) is 55.2 Å². The van der Waals surface area contributed by atoms with E-state index in [1.165, 1.54) is 96.3 Å². The molecule has 4 aliphatic carbocycles. The second-order valence-electron chi connectivity index (χ2n) is 31.3. The maximum absolute atomic E-state index is 7.89. The first-order valence-electron chi connectivity index (χ1n) is 30.3. The van der Waals surface area contributed by atoms with E-state index in [0.717, 1.165) is 87.0 Å². The van der Waals surface area contributed by atoms with Crippen molar-refractivity contribution in [3.63, 3.8) is 0 Å². The van der Waals surface area contributed by atoms with Crippen molar-refractivity contribution in [1.29, 1.82) is 0 Å². The number of fused-ring (bicyclic) bond motifs is 16. The summed E-state index contributed by atoms with van der Waals surface area (Å²) < 4.78 is 15.3. The molecule has 0 saturated heterocycles. The molecular formula is C75H81BN2O2. The summed E-state index contributed by atoms with van der Waals surface area (Å²) in [6.45, 7) is 41.1. The van der Waals surface area contributed by atoms with Crippen LogP contribution in [0.5, 0.6) is 0 Å². The van der Waals surface area contributed by atoms with Crippen molar-refractivity contribution in [3.05, 3.63) is 159 Å². The van der Waals surface area contributed by atoms with Crippen LogP contribution in [0.2, 0.25) is 0 Å². The molecule has 9 aromatic rings. The summed E-state index contributed by atoms with van der Waals surface area (Å²) in [5.41, 5.74) is 28.8. The predicted octanol–water partition coefficient (Wildman–Crippen LogP) is 19.7. The molecule has 0 amide bonds. The molecule has 6 aliphatic rings. The largest absolute Gasteiger partial charge is 0.466 e. The van der Waals surface area contributed by atoms with E-state index in [1.54, 1.807) is 0 Å². The zero-order valence-corrected chi connectivity index (χ0v) is 50.9. The molecule has 4 heterocycles. The van der Waals surface area contributed by atoms with Gasteiger partial charge in [0.15, 0.2) is 5.58 Å². The molecular weight excluding hydrogens is 972 g/mol. The fourth-order valence-electron chi connectivity index (χ4n) is 16.4. The van der Waals surface area contributed by atoms with Crippen molar-refractivity contribution in [2.45, 2.75) is 200 Å². The monoisotopic (exact) mass is 1050 g/mol. The number of hydrogen-bond donors (Lipinski definition) is 0. The highest BCUT2D eigenvalue weighted by molar-refractivity contribution is 6.93. The van der Waals surface area contributed by atoms with Crippen LogP contribution in [0, 0.1) is 0 Å². The van der Waals surface area contributed by atoms with Crippen molar-refractivity contribution in [2.75, 3.05) is 9.71 Å². The molecule has 15 rings (SSSR count). The minimum atomic E-state index is -0.339. The van der Waals surface area contributed by atoms with E-state index in [2.05, 4.69) is 237 Å². The average molecular weight is 1050 g/mol. The average Bonchev–Trinajstić information content (AvgIpc) is 1.85. The number of hydrogen-bond acceptors (Lipinski definition) is 4. The molecule has 0 radical (unpaired) electrons. The Morgan fingerprint density at radius 3 is 1.59 bits per heavy atom. The zero-order chi connectivity index (χ0) is 56.1. The van der Waals surface area contributed by atoms with E-state index in [0.29, 0.717) is 0 Å². The Labute approximate surface area is 476 Å². The molecule has 0 atom stereocenters. The van der Waals surface area contributed by atoms with Gasteiger partial charge in [-0.2, -0.15) is 0 Å². The number of nitrogens with zero attached hydrogens (tertiary/aromatic N) is 2. The quantitative estimate of drug-likeness (QED) is 0.162. The standard InChI is InChI=1S/C75H81BN2O2/c1-68(2,3)42-22-24-43(25-23-42)78-60-40-54-46(47-37-56-58(39-53(47)75(54,16)17)73(12,13)32-30-71(56,8)9)35-48(60)49-36-50-45-20-18-19-21-61(45)79-66(50)65-63(49)76(78)67-64(51-38-57-59(41-62(51)80-67)74(14,15)33-31-72(57,10)11)77(65)44-26-27-52-55(34-44)70(6,7)29-28-69(52,4)5/h18-27,34-41H,28-33H2,1-17H3. The van der Waals surface area contributed by atoms with Gasteiger partial charge < -0.3 is 18.5 Å². The molecule has 4 nitrogen and oxygen atoms in total. The van der Waals surface area contributed by atoms with Gasteiger partial charge in [0.1, 0.15) is 16.8 Å². The van der Waals surface area contributed by atoms with Gasteiger partial charge in [0.25, 0.3) is 0 Å². The van der Waals surface area contributed by atoms with Crippen LogP contribution in [-0.4, -0.2) is 6.85 Å². The number of rotatable bonds is 2. The molecule has 0 spiro atoms. The molecule has 80 heavy (non-hydrogen) atoms. The molecule has 0 saturated carbocycles. The highest BCUT2D eigenvalue weighted by Gasteiger charge is 2.53. The highest BCUT2D eigenvalue weighted by Crippen LogP contribution is 2.60. The number of anilines is 5. The van der Waals surface area contributed by atoms with Crippen molar-refractivity contribution in [2.24, 2.45) is 0 Å². The lowest BCUT2D eigenvalue weighted by atomic mass is 9.45. The zero-order valence-electron chi connectivity index (χ0n) is 50.9. The first-order valence-corrected chi connectivity index (χ1v) is 30.3. The Morgan fingerprint density at radius 2 is 0.950 bits per heavy atom. The molecule has 5 heteroatoms. The molecule has 0 N–H and O–H groups in total. The number of furan rings is 2. The first-order chi connectivity index (χ1) is 37.5. The van der Waals surface area contributed by atoms with Crippen molar-refractivity contribution in [3.8, 4) is 22.3 Å². The van der Waals surface area contributed by atoms with Crippen LogP contribution in [0.3, 0.4) is 0 Å². The topological polar surface area (TPSA) is 32.8 Å². The highest BCUT2D eigenvalue weighted by atomic mass is 16.3. The third-order valence-electron chi connectivity index (χ3n) is 22.0. The molecule has 2 aliphatic heterocycles. The summed E-state index contributed by atoms with van der Waals surface area (Å²) in [5.74, 6) is 0. The SMILES string of the molecule is CC(C)(C)c1ccc(N2B3c4oc5cc6c(cc5c4N(c4ccc5c(c4)C(C)(C)CCC5(C)C)c4c3c(cc3c4oc4ccccc43)-c3cc4c(cc32)C(C)(C)c2cc3c(cc2-4)C(C)(C)CCC3(C)C)C(C)(C)CCC6(C)C)cc1. The van der Waals surface area contributed by atoms with Gasteiger partial charge in [-0.1, -0.05) is 160 Å². The Hall–Kier alpha value is -6.46. The fraction of sp³-hybridized carbons (Fsp3) is 0.413. The summed E-state index contributed by atoms with van der Waals surface area (Å²) in [5, 5.41) is 3.44. The summed E-state index contributed by atoms with van der Waals surface area (Å²) in [4.78, 5) is 5.31. The van der Waals surface area contributed by atoms with Gasteiger partial charge >= 0.3 is 6.85 Å². The summed E-state index contributed by atoms with van der Waals surface area (Å²) in [7, 11) is 0. The van der Waals surface area contributed by atoms with Crippen molar-refractivity contribution < 1.29 is 8.83 Å². The molecule has 0 unspecified atom stereocenters. The van der Waals surface area contributed by atoms with Crippen LogP contribution in [0.4, 0.5) is 28.4 Å². The summed E-state index contributed by atoms with van der Waals surface area (Å²) in [6.07, 6.45) is 6.92. The van der Waals surface area contributed by atoms with Gasteiger partial charge in [0, 0.05) is 44.2 Å². The van der Waals surface area contributed by atoms with Gasteiger partial charge in [-0.3, -0.25) is 0 Å². The Balaban J connectivity index is 1.11. The molecule has 0 fully saturated rings. The lowest BCUT2D eigenvalue weighted by Crippen LogP contribution is -2.61. The first kappa shape index (κ1) is 50.5. The lowest BCUT2D eigenvalue weighted by Gasteiger charge is -2.45. The number of para-hydroxylation sites is 1. The van der Waals surface area contributed by atoms with Gasteiger partial charge in [-0.25, -0.2) is 0 Å². The van der Waals surface area contributed by atoms with Crippen molar-refractivity contribution >= 4 is 79.3 Å².